The highest BCUT2D eigenvalue weighted by Crippen LogP contribution is 2.18. The lowest BCUT2D eigenvalue weighted by Crippen LogP contribution is -2.15. The fraction of sp³-hybridized carbons (Fsp3) is 0.111. The van der Waals surface area contributed by atoms with Crippen molar-refractivity contribution in [2.75, 3.05) is 5.32 Å². The van der Waals surface area contributed by atoms with Crippen LogP contribution in [0.2, 0.25) is 0 Å². The van der Waals surface area contributed by atoms with Gasteiger partial charge in [-0.25, -0.2) is 18.5 Å². The number of benzene rings is 2. The standard InChI is InChI=1S/C18H17N3O4S/c19-26(23,24)12-13-6-8-15(9-7-13)20-17(22)10-16-11-25-18(21-16)14-4-2-1-3-5-14/h1-9,11H,10,12H2,(H,20,22)(H2,19,23,24). The van der Waals surface area contributed by atoms with Gasteiger partial charge in [-0.1, -0.05) is 30.3 Å². The Bertz CT molecular complexity index is 996. The van der Waals surface area contributed by atoms with Crippen LogP contribution >= 0.6 is 0 Å². The Balaban J connectivity index is 1.60. The second-order valence-corrected chi connectivity index (χ2v) is 7.35. The minimum atomic E-state index is -3.58. The van der Waals surface area contributed by atoms with Crippen molar-refractivity contribution in [2.45, 2.75) is 12.2 Å². The first kappa shape index (κ1) is 17.8. The van der Waals surface area contributed by atoms with Crippen molar-refractivity contribution in [1.29, 1.82) is 0 Å². The van der Waals surface area contributed by atoms with Crippen LogP contribution in [0.3, 0.4) is 0 Å². The van der Waals surface area contributed by atoms with E-state index >= 15 is 0 Å². The van der Waals surface area contributed by atoms with E-state index in [0.717, 1.165) is 5.56 Å². The Hall–Kier alpha value is -2.97. The lowest BCUT2D eigenvalue weighted by atomic mass is 10.2. The van der Waals surface area contributed by atoms with Gasteiger partial charge in [0.05, 0.1) is 17.9 Å². The molecule has 0 aliphatic carbocycles. The Morgan fingerprint density at radius 2 is 1.77 bits per heavy atom. The summed E-state index contributed by atoms with van der Waals surface area (Å²) in [5, 5.41) is 7.73. The number of nitrogens with two attached hydrogens (primary N) is 1. The molecule has 0 saturated carbocycles. The first-order valence-corrected chi connectivity index (χ1v) is 9.50. The van der Waals surface area contributed by atoms with E-state index in [1.54, 1.807) is 24.3 Å². The van der Waals surface area contributed by atoms with Gasteiger partial charge in [-0.05, 0) is 29.8 Å². The van der Waals surface area contributed by atoms with Gasteiger partial charge in [0, 0.05) is 11.3 Å². The molecule has 0 aliphatic heterocycles. The maximum Gasteiger partial charge on any atom is 0.230 e. The highest BCUT2D eigenvalue weighted by molar-refractivity contribution is 7.88. The van der Waals surface area contributed by atoms with E-state index in [4.69, 9.17) is 9.56 Å². The summed E-state index contributed by atoms with van der Waals surface area (Å²) in [7, 11) is -3.58. The molecule has 0 fully saturated rings. The zero-order valence-electron chi connectivity index (χ0n) is 13.8. The van der Waals surface area contributed by atoms with Crippen molar-refractivity contribution >= 4 is 21.6 Å². The zero-order chi connectivity index (χ0) is 18.6. The molecule has 0 atom stereocenters. The molecule has 0 aliphatic rings. The molecule has 0 radical (unpaired) electrons. The molecule has 0 unspecified atom stereocenters. The van der Waals surface area contributed by atoms with Crippen LogP contribution in [0.1, 0.15) is 11.3 Å². The lowest BCUT2D eigenvalue weighted by Gasteiger charge is -2.05. The summed E-state index contributed by atoms with van der Waals surface area (Å²) in [4.78, 5) is 16.4. The van der Waals surface area contributed by atoms with E-state index in [1.165, 1.54) is 6.26 Å². The van der Waals surface area contributed by atoms with Crippen molar-refractivity contribution in [2.24, 2.45) is 5.14 Å². The number of aromatic nitrogens is 1. The number of rotatable bonds is 6. The number of hydrogen-bond donors (Lipinski definition) is 2. The number of primary sulfonamides is 1. The Labute approximate surface area is 150 Å². The van der Waals surface area contributed by atoms with Crippen LogP contribution in [-0.2, 0) is 27.0 Å². The third kappa shape index (κ3) is 5.01. The fourth-order valence-electron chi connectivity index (χ4n) is 2.39. The summed E-state index contributed by atoms with van der Waals surface area (Å²) in [5.74, 6) is -0.0412. The van der Waals surface area contributed by atoms with Crippen LogP contribution < -0.4 is 10.5 Å². The average molecular weight is 371 g/mol. The number of hydrogen-bond acceptors (Lipinski definition) is 5. The zero-order valence-corrected chi connectivity index (χ0v) is 14.6. The minimum absolute atomic E-state index is 0.0647. The molecule has 3 rings (SSSR count). The first-order chi connectivity index (χ1) is 12.4. The van der Waals surface area contributed by atoms with Gasteiger partial charge < -0.3 is 9.73 Å². The van der Waals surface area contributed by atoms with Gasteiger partial charge >= 0.3 is 0 Å². The van der Waals surface area contributed by atoms with Gasteiger partial charge in [-0.3, -0.25) is 4.79 Å². The van der Waals surface area contributed by atoms with Gasteiger partial charge in [0.2, 0.25) is 21.8 Å². The van der Waals surface area contributed by atoms with Gasteiger partial charge in [0.25, 0.3) is 0 Å². The van der Waals surface area contributed by atoms with E-state index in [9.17, 15) is 13.2 Å². The smallest absolute Gasteiger partial charge is 0.230 e. The molecule has 0 saturated heterocycles. The number of nitrogens with zero attached hydrogens (tertiary/aromatic N) is 1. The molecule has 26 heavy (non-hydrogen) atoms. The Morgan fingerprint density at radius 3 is 2.42 bits per heavy atom. The van der Waals surface area contributed by atoms with Gasteiger partial charge in [0.15, 0.2) is 0 Å². The number of anilines is 1. The minimum Gasteiger partial charge on any atom is -0.444 e. The Kier molecular flexibility index (Phi) is 5.15. The third-order valence-corrected chi connectivity index (χ3v) is 4.26. The Morgan fingerprint density at radius 1 is 1.08 bits per heavy atom. The van der Waals surface area contributed by atoms with Crippen LogP contribution in [-0.4, -0.2) is 19.3 Å². The summed E-state index contributed by atoms with van der Waals surface area (Å²) < 4.78 is 27.5. The number of oxazole rings is 1. The van der Waals surface area contributed by atoms with E-state index < -0.39 is 10.0 Å². The van der Waals surface area contributed by atoms with Gasteiger partial charge in [-0.15, -0.1) is 0 Å². The van der Waals surface area contributed by atoms with Gasteiger partial charge in [-0.2, -0.15) is 0 Å². The van der Waals surface area contributed by atoms with E-state index in [1.807, 2.05) is 30.3 Å². The number of sulfonamides is 1. The largest absolute Gasteiger partial charge is 0.444 e. The molecule has 1 aromatic heterocycles. The topological polar surface area (TPSA) is 115 Å². The summed E-state index contributed by atoms with van der Waals surface area (Å²) in [6.07, 6.45) is 1.52. The van der Waals surface area contributed by atoms with Crippen LogP contribution in [0.25, 0.3) is 11.5 Å². The molecular formula is C18H17N3O4S. The summed E-state index contributed by atoms with van der Waals surface area (Å²) in [5.41, 5.74) is 2.46. The molecule has 8 heteroatoms. The number of nitrogens with one attached hydrogen (secondary N) is 1. The summed E-state index contributed by atoms with van der Waals surface area (Å²) >= 11 is 0. The molecule has 1 heterocycles. The summed E-state index contributed by atoms with van der Waals surface area (Å²) in [6, 6.07) is 15.9. The van der Waals surface area contributed by atoms with Crippen molar-refractivity contribution in [3.63, 3.8) is 0 Å². The molecule has 0 bridgehead atoms. The maximum absolute atomic E-state index is 12.1. The molecule has 134 valence electrons. The highest BCUT2D eigenvalue weighted by atomic mass is 32.2. The molecule has 1 amide bonds. The third-order valence-electron chi connectivity index (χ3n) is 3.52. The van der Waals surface area contributed by atoms with E-state index in [0.29, 0.717) is 22.8 Å². The lowest BCUT2D eigenvalue weighted by molar-refractivity contribution is -0.115. The number of amides is 1. The molecule has 3 N–H and O–H groups in total. The van der Waals surface area contributed by atoms with Crippen molar-refractivity contribution < 1.29 is 17.6 Å². The van der Waals surface area contributed by atoms with E-state index in [-0.39, 0.29) is 18.1 Å². The van der Waals surface area contributed by atoms with Crippen LogP contribution in [0.15, 0.2) is 65.3 Å². The normalized spacial score (nSPS) is 11.3. The van der Waals surface area contributed by atoms with Crippen molar-refractivity contribution in [3.8, 4) is 11.5 Å². The predicted molar refractivity (Wildman–Crippen MR) is 97.5 cm³/mol. The fourth-order valence-corrected chi connectivity index (χ4v) is 3.04. The predicted octanol–water partition coefficient (Wildman–Crippen LogP) is 2.31. The molecule has 0 spiro atoms. The van der Waals surface area contributed by atoms with Crippen LogP contribution in [0.4, 0.5) is 5.69 Å². The van der Waals surface area contributed by atoms with Crippen molar-refractivity contribution in [3.05, 3.63) is 72.1 Å². The van der Waals surface area contributed by atoms with Gasteiger partial charge in [0.1, 0.15) is 6.26 Å². The van der Waals surface area contributed by atoms with Crippen molar-refractivity contribution in [1.82, 2.24) is 4.98 Å². The first-order valence-electron chi connectivity index (χ1n) is 7.78. The molecule has 3 aromatic rings. The summed E-state index contributed by atoms with van der Waals surface area (Å²) in [6.45, 7) is 0. The maximum atomic E-state index is 12.1. The monoisotopic (exact) mass is 371 g/mol. The quantitative estimate of drug-likeness (QED) is 0.690. The molecule has 7 nitrogen and oxygen atoms in total. The number of carbonyl (C=O) groups excluding carboxylic acids is 1. The van der Waals surface area contributed by atoms with E-state index in [2.05, 4.69) is 10.3 Å². The second kappa shape index (κ2) is 7.51. The number of carbonyl (C=O) groups is 1. The molecule has 2 aromatic carbocycles. The second-order valence-electron chi connectivity index (χ2n) is 5.74. The highest BCUT2D eigenvalue weighted by Gasteiger charge is 2.11. The average Bonchev–Trinajstić information content (AvgIpc) is 3.04. The van der Waals surface area contributed by atoms with Crippen LogP contribution in [0, 0.1) is 0 Å². The van der Waals surface area contributed by atoms with Crippen LogP contribution in [0.5, 0.6) is 0 Å². The SMILES string of the molecule is NS(=O)(=O)Cc1ccc(NC(=O)Cc2coc(-c3ccccc3)n2)cc1. The molecular weight excluding hydrogens is 354 g/mol.